The van der Waals surface area contributed by atoms with Crippen molar-refractivity contribution in [3.8, 4) is 0 Å². The molecule has 2 atom stereocenters. The zero-order valence-corrected chi connectivity index (χ0v) is 12.4. The van der Waals surface area contributed by atoms with Crippen LogP contribution in [0.15, 0.2) is 18.2 Å². The fourth-order valence-electron chi connectivity index (χ4n) is 3.37. The Hall–Kier alpha value is -1.31. The van der Waals surface area contributed by atoms with E-state index in [0.717, 1.165) is 19.3 Å². The molecule has 0 spiro atoms. The van der Waals surface area contributed by atoms with Gasteiger partial charge in [0.15, 0.2) is 0 Å². The average Bonchev–Trinajstić information content (AvgIpc) is 2.30. The Kier molecular flexibility index (Phi) is 3.71. The van der Waals surface area contributed by atoms with Crippen LogP contribution in [-0.4, -0.2) is 11.1 Å². The molecule has 2 heteroatoms. The second-order valence-electron chi connectivity index (χ2n) is 6.82. The fourth-order valence-corrected chi connectivity index (χ4v) is 3.37. The summed E-state index contributed by atoms with van der Waals surface area (Å²) in [6.07, 6.45) is 2.76. The molecular weight excluding hydrogens is 236 g/mol. The predicted molar refractivity (Wildman–Crippen MR) is 77.4 cm³/mol. The van der Waals surface area contributed by atoms with Crippen LogP contribution in [0.3, 0.4) is 0 Å². The van der Waals surface area contributed by atoms with Gasteiger partial charge in [0.2, 0.25) is 0 Å². The minimum atomic E-state index is -0.638. The van der Waals surface area contributed by atoms with Gasteiger partial charge >= 0.3 is 5.97 Å². The van der Waals surface area contributed by atoms with E-state index in [9.17, 15) is 9.90 Å². The molecule has 2 nitrogen and oxygen atoms in total. The van der Waals surface area contributed by atoms with Crippen LogP contribution >= 0.6 is 0 Å². The van der Waals surface area contributed by atoms with Gasteiger partial charge in [0, 0.05) is 0 Å². The van der Waals surface area contributed by atoms with Gasteiger partial charge in [0.25, 0.3) is 0 Å². The molecule has 0 amide bonds. The summed E-state index contributed by atoms with van der Waals surface area (Å²) in [5.41, 5.74) is 3.92. The molecule has 0 bridgehead atoms. The van der Waals surface area contributed by atoms with Gasteiger partial charge in [-0.15, -0.1) is 0 Å². The lowest BCUT2D eigenvalue weighted by atomic mass is 9.64. The van der Waals surface area contributed by atoms with Crippen LogP contribution in [0.1, 0.15) is 55.7 Å². The number of carboxylic acid groups (broad SMARTS) is 1. The molecule has 19 heavy (non-hydrogen) atoms. The van der Waals surface area contributed by atoms with Crippen molar-refractivity contribution in [3.05, 3.63) is 34.9 Å². The molecule has 104 valence electrons. The largest absolute Gasteiger partial charge is 0.481 e. The third-order valence-electron chi connectivity index (χ3n) is 4.54. The highest BCUT2D eigenvalue weighted by Gasteiger charge is 2.39. The van der Waals surface area contributed by atoms with E-state index in [2.05, 4.69) is 45.9 Å². The Balaban J connectivity index is 2.41. The van der Waals surface area contributed by atoms with Gasteiger partial charge < -0.3 is 5.11 Å². The quantitative estimate of drug-likeness (QED) is 0.861. The predicted octanol–water partition coefficient (Wildman–Crippen LogP) is 4.30. The number of hydrogen-bond acceptors (Lipinski definition) is 1. The lowest BCUT2D eigenvalue weighted by Crippen LogP contribution is -2.33. The standard InChI is InChI=1S/C17H24O2/c1-11-5-6-12(2)14(9-11)15-10-17(3,4)8-7-13(15)16(18)19/h5-6,9,13,15H,7-8,10H2,1-4H3,(H,18,19). The first-order valence-electron chi connectivity index (χ1n) is 7.10. The summed E-state index contributed by atoms with van der Waals surface area (Å²) in [5.74, 6) is -0.712. The van der Waals surface area contributed by atoms with Gasteiger partial charge in [-0.1, -0.05) is 37.6 Å². The van der Waals surface area contributed by atoms with Crippen LogP contribution < -0.4 is 0 Å². The van der Waals surface area contributed by atoms with Crippen molar-refractivity contribution >= 4 is 5.97 Å². The summed E-state index contributed by atoms with van der Waals surface area (Å²) < 4.78 is 0. The van der Waals surface area contributed by atoms with Crippen LogP contribution in [0, 0.1) is 25.2 Å². The molecule has 1 aromatic carbocycles. The summed E-state index contributed by atoms with van der Waals surface area (Å²) in [6.45, 7) is 8.67. The maximum atomic E-state index is 11.5. The van der Waals surface area contributed by atoms with Crippen molar-refractivity contribution in [1.82, 2.24) is 0 Å². The Morgan fingerprint density at radius 2 is 2.00 bits per heavy atom. The molecule has 0 aromatic heterocycles. The van der Waals surface area contributed by atoms with Crippen molar-refractivity contribution in [1.29, 1.82) is 0 Å². The maximum Gasteiger partial charge on any atom is 0.307 e. The summed E-state index contributed by atoms with van der Waals surface area (Å²) >= 11 is 0. The van der Waals surface area contributed by atoms with Crippen LogP contribution in [0.4, 0.5) is 0 Å². The SMILES string of the molecule is Cc1ccc(C)c(C2CC(C)(C)CCC2C(=O)O)c1. The van der Waals surface area contributed by atoms with Gasteiger partial charge in [0.05, 0.1) is 5.92 Å². The molecule has 1 fully saturated rings. The van der Waals surface area contributed by atoms with E-state index in [1.54, 1.807) is 0 Å². The van der Waals surface area contributed by atoms with Crippen molar-refractivity contribution in [2.75, 3.05) is 0 Å². The molecule has 0 aliphatic heterocycles. The normalized spacial score (nSPS) is 26.1. The van der Waals surface area contributed by atoms with Gasteiger partial charge in [-0.05, 0) is 55.6 Å². The summed E-state index contributed by atoms with van der Waals surface area (Å²) in [5, 5.41) is 9.50. The number of carboxylic acids is 1. The second-order valence-corrected chi connectivity index (χ2v) is 6.82. The Labute approximate surface area is 115 Å². The highest BCUT2D eigenvalue weighted by atomic mass is 16.4. The van der Waals surface area contributed by atoms with E-state index < -0.39 is 5.97 Å². The van der Waals surface area contributed by atoms with Crippen molar-refractivity contribution in [2.24, 2.45) is 11.3 Å². The van der Waals surface area contributed by atoms with E-state index in [0.29, 0.717) is 0 Å². The highest BCUT2D eigenvalue weighted by molar-refractivity contribution is 5.71. The molecule has 0 saturated heterocycles. The second kappa shape index (κ2) is 4.99. The minimum Gasteiger partial charge on any atom is -0.481 e. The zero-order valence-electron chi connectivity index (χ0n) is 12.4. The van der Waals surface area contributed by atoms with E-state index >= 15 is 0 Å². The van der Waals surface area contributed by atoms with Crippen molar-refractivity contribution in [2.45, 2.75) is 52.9 Å². The van der Waals surface area contributed by atoms with Crippen LogP contribution in [0.5, 0.6) is 0 Å². The number of hydrogen-bond donors (Lipinski definition) is 1. The van der Waals surface area contributed by atoms with Gasteiger partial charge in [-0.3, -0.25) is 4.79 Å². The molecule has 1 aromatic rings. The maximum absolute atomic E-state index is 11.5. The first kappa shape index (κ1) is 14.1. The molecule has 2 unspecified atom stereocenters. The lowest BCUT2D eigenvalue weighted by Gasteiger charge is -2.40. The van der Waals surface area contributed by atoms with Crippen LogP contribution in [0.25, 0.3) is 0 Å². The molecule has 0 heterocycles. The molecule has 1 saturated carbocycles. The lowest BCUT2D eigenvalue weighted by molar-refractivity contribution is -0.144. The number of rotatable bonds is 2. The molecule has 1 aliphatic rings. The molecular formula is C17H24O2. The number of carbonyl (C=O) groups is 1. The first-order valence-corrected chi connectivity index (χ1v) is 7.10. The van der Waals surface area contributed by atoms with Crippen molar-refractivity contribution in [3.63, 3.8) is 0 Å². The minimum absolute atomic E-state index is 0.154. The monoisotopic (exact) mass is 260 g/mol. The number of aliphatic carboxylic acids is 1. The third-order valence-corrected chi connectivity index (χ3v) is 4.54. The third kappa shape index (κ3) is 2.99. The Morgan fingerprint density at radius 3 is 2.63 bits per heavy atom. The number of aryl methyl sites for hydroxylation is 2. The zero-order chi connectivity index (χ0) is 14.2. The number of benzene rings is 1. The molecule has 2 rings (SSSR count). The van der Waals surface area contributed by atoms with E-state index in [-0.39, 0.29) is 17.3 Å². The van der Waals surface area contributed by atoms with E-state index in [4.69, 9.17) is 0 Å². The summed E-state index contributed by atoms with van der Waals surface area (Å²) in [4.78, 5) is 11.5. The first-order chi connectivity index (χ1) is 8.80. The van der Waals surface area contributed by atoms with Gasteiger partial charge in [-0.25, -0.2) is 0 Å². The van der Waals surface area contributed by atoms with Crippen LogP contribution in [-0.2, 0) is 4.79 Å². The topological polar surface area (TPSA) is 37.3 Å². The van der Waals surface area contributed by atoms with Crippen LogP contribution in [0.2, 0.25) is 0 Å². The Morgan fingerprint density at radius 1 is 1.32 bits per heavy atom. The summed E-state index contributed by atoms with van der Waals surface area (Å²) in [6, 6.07) is 6.39. The van der Waals surface area contributed by atoms with Crippen molar-refractivity contribution < 1.29 is 9.90 Å². The molecule has 0 radical (unpaired) electrons. The molecule has 1 N–H and O–H groups in total. The fraction of sp³-hybridized carbons (Fsp3) is 0.588. The smallest absolute Gasteiger partial charge is 0.307 e. The van der Waals surface area contributed by atoms with Gasteiger partial charge in [0.1, 0.15) is 0 Å². The summed E-state index contributed by atoms with van der Waals surface area (Å²) in [7, 11) is 0. The van der Waals surface area contributed by atoms with Gasteiger partial charge in [-0.2, -0.15) is 0 Å². The Bertz CT molecular complexity index is 488. The average molecular weight is 260 g/mol. The molecule has 1 aliphatic carbocycles. The highest BCUT2D eigenvalue weighted by Crippen LogP contribution is 2.47. The van der Waals surface area contributed by atoms with E-state index in [1.165, 1.54) is 16.7 Å². The van der Waals surface area contributed by atoms with E-state index in [1.807, 2.05) is 0 Å².